The highest BCUT2D eigenvalue weighted by Gasteiger charge is 2.21. The van der Waals surface area contributed by atoms with E-state index in [1.165, 1.54) is 0 Å². The number of nitrogens with one attached hydrogen (secondary N) is 2. The van der Waals surface area contributed by atoms with Crippen LogP contribution < -0.4 is 16.2 Å². The quantitative estimate of drug-likeness (QED) is 0.392. The lowest BCUT2D eigenvalue weighted by Gasteiger charge is -2.17. The summed E-state index contributed by atoms with van der Waals surface area (Å²) < 4.78 is 17.6. The van der Waals surface area contributed by atoms with Gasteiger partial charge in [-0.3, -0.25) is 19.1 Å². The van der Waals surface area contributed by atoms with Gasteiger partial charge in [-0.2, -0.15) is 0 Å². The summed E-state index contributed by atoms with van der Waals surface area (Å²) in [5.74, 6) is -0.391. The van der Waals surface area contributed by atoms with Gasteiger partial charge in [0, 0.05) is 24.5 Å². The average molecular weight is 513 g/mol. The normalized spacial score (nSPS) is 15.2. The number of rotatable bonds is 7. The number of benzene rings is 1. The van der Waals surface area contributed by atoms with Crippen LogP contribution in [0.4, 0.5) is 10.2 Å². The smallest absolute Gasteiger partial charge is 0.294 e. The summed E-state index contributed by atoms with van der Waals surface area (Å²) >= 11 is 0. The van der Waals surface area contributed by atoms with E-state index in [1.54, 1.807) is 43.2 Å². The second-order valence-corrected chi connectivity index (χ2v) is 9.43. The van der Waals surface area contributed by atoms with E-state index in [0.717, 1.165) is 33.6 Å². The van der Waals surface area contributed by atoms with Crippen molar-refractivity contribution >= 4 is 17.8 Å². The van der Waals surface area contributed by atoms with E-state index in [-0.39, 0.29) is 18.3 Å². The van der Waals surface area contributed by atoms with E-state index in [9.17, 15) is 14.0 Å². The number of hydrogen-bond acceptors (Lipinski definition) is 5. The third-order valence-electron chi connectivity index (χ3n) is 6.82. The van der Waals surface area contributed by atoms with Crippen LogP contribution in [0.25, 0.3) is 23.0 Å². The fourth-order valence-electron chi connectivity index (χ4n) is 4.61. The van der Waals surface area contributed by atoms with E-state index >= 15 is 0 Å². The van der Waals surface area contributed by atoms with Crippen molar-refractivity contribution < 1.29 is 9.18 Å². The number of carbonyl (C=O) groups is 1. The number of hydrogen-bond donors (Lipinski definition) is 2. The monoisotopic (exact) mass is 512 g/mol. The van der Waals surface area contributed by atoms with Crippen molar-refractivity contribution in [2.75, 3.05) is 12.4 Å². The van der Waals surface area contributed by atoms with Crippen LogP contribution in [0.2, 0.25) is 0 Å². The van der Waals surface area contributed by atoms with Gasteiger partial charge in [0.25, 0.3) is 5.56 Å². The van der Waals surface area contributed by atoms with Crippen LogP contribution in [-0.4, -0.2) is 44.3 Å². The van der Waals surface area contributed by atoms with Gasteiger partial charge < -0.3 is 15.2 Å². The second kappa shape index (κ2) is 10.5. The minimum atomic E-state index is -0.984. The number of alkyl halides is 1. The van der Waals surface area contributed by atoms with Crippen LogP contribution in [-0.2, 0) is 17.8 Å². The van der Waals surface area contributed by atoms with Crippen molar-refractivity contribution in [2.24, 2.45) is 0 Å². The Labute approximate surface area is 219 Å². The first-order valence-electron chi connectivity index (χ1n) is 12.5. The van der Waals surface area contributed by atoms with Crippen molar-refractivity contribution in [3.63, 3.8) is 0 Å². The molecule has 8 nitrogen and oxygen atoms in total. The number of anilines is 1. The number of aromatic nitrogens is 4. The standard InChI is InChI=1S/C29H29FN6O2/c1-18-16-35(25-10-9-22(30)12-24(18)25)23-11-20(13-32-14-23)17-36-26(21-7-5-4-6-8-21)15-33-27(29(36)38)34-28(37)19(2)31-3/h4-11,13-16,19,22,31H,12,17H2,1-3H3,(H,33,34,37)/t19-,22?/m0/s1. The minimum Gasteiger partial charge on any atom is -0.315 e. The first kappa shape index (κ1) is 25.3. The molecule has 0 radical (unpaired) electrons. The van der Waals surface area contributed by atoms with Crippen molar-refractivity contribution in [3.05, 3.63) is 100.0 Å². The lowest BCUT2D eigenvalue weighted by molar-refractivity contribution is -0.117. The van der Waals surface area contributed by atoms with Gasteiger partial charge in [0.2, 0.25) is 5.91 Å². The molecule has 1 aliphatic carbocycles. The van der Waals surface area contributed by atoms with Gasteiger partial charge in [-0.15, -0.1) is 0 Å². The van der Waals surface area contributed by atoms with E-state index in [2.05, 4.69) is 20.6 Å². The van der Waals surface area contributed by atoms with E-state index in [4.69, 9.17) is 0 Å². The number of nitrogens with zero attached hydrogens (tertiary/aromatic N) is 4. The summed E-state index contributed by atoms with van der Waals surface area (Å²) in [6, 6.07) is 11.0. The molecule has 1 amide bonds. The molecule has 194 valence electrons. The molecule has 2 atom stereocenters. The molecule has 38 heavy (non-hydrogen) atoms. The van der Waals surface area contributed by atoms with Gasteiger partial charge in [0.1, 0.15) is 6.17 Å². The maximum atomic E-state index is 14.0. The molecular weight excluding hydrogens is 483 g/mol. The van der Waals surface area contributed by atoms with Crippen molar-refractivity contribution in [2.45, 2.75) is 39.0 Å². The molecule has 3 aromatic heterocycles. The summed E-state index contributed by atoms with van der Waals surface area (Å²) in [6.07, 6.45) is 9.79. The Morgan fingerprint density at radius 2 is 2.00 bits per heavy atom. The van der Waals surface area contributed by atoms with Crippen LogP contribution >= 0.6 is 0 Å². The van der Waals surface area contributed by atoms with Gasteiger partial charge in [0.15, 0.2) is 5.82 Å². The van der Waals surface area contributed by atoms with Gasteiger partial charge in [-0.25, -0.2) is 9.37 Å². The fraction of sp³-hybridized carbons (Fsp3) is 0.241. The molecule has 0 spiro atoms. The molecule has 0 aliphatic heterocycles. The number of allylic oxidation sites excluding steroid dienone is 1. The Balaban J connectivity index is 1.55. The first-order chi connectivity index (χ1) is 18.4. The zero-order chi connectivity index (χ0) is 26.8. The zero-order valence-corrected chi connectivity index (χ0v) is 21.5. The molecule has 0 bridgehead atoms. The SMILES string of the molecule is CN[C@@H](C)C(=O)Nc1ncc(-c2ccccc2)n(Cc2cncc(-n3cc(C)c4c3C=CC(F)C4)c2)c1=O. The number of halogens is 1. The zero-order valence-electron chi connectivity index (χ0n) is 21.5. The second-order valence-electron chi connectivity index (χ2n) is 9.43. The molecule has 2 N–H and O–H groups in total. The summed E-state index contributed by atoms with van der Waals surface area (Å²) in [5.41, 5.74) is 5.56. The highest BCUT2D eigenvalue weighted by atomic mass is 19.1. The molecule has 4 aromatic rings. The van der Waals surface area contributed by atoms with Crippen molar-refractivity contribution in [1.29, 1.82) is 0 Å². The summed E-state index contributed by atoms with van der Waals surface area (Å²) in [6.45, 7) is 3.89. The highest BCUT2D eigenvalue weighted by molar-refractivity contribution is 5.93. The number of carbonyl (C=O) groups excluding carboxylic acids is 1. The first-order valence-corrected chi connectivity index (χ1v) is 12.5. The number of pyridine rings is 1. The van der Waals surface area contributed by atoms with Gasteiger partial charge in [-0.05, 0) is 61.4 Å². The maximum Gasteiger partial charge on any atom is 0.294 e. The Hall–Kier alpha value is -4.37. The number of amides is 1. The Morgan fingerprint density at radius 3 is 2.76 bits per heavy atom. The molecule has 0 saturated heterocycles. The van der Waals surface area contributed by atoms with E-state index in [0.29, 0.717) is 12.1 Å². The average Bonchev–Trinajstić information content (AvgIpc) is 3.26. The highest BCUT2D eigenvalue weighted by Crippen LogP contribution is 2.29. The van der Waals surface area contributed by atoms with Gasteiger partial charge >= 0.3 is 0 Å². The molecule has 9 heteroatoms. The minimum absolute atomic E-state index is 0.0399. The Bertz CT molecular complexity index is 1570. The van der Waals surface area contributed by atoms with Gasteiger partial charge in [0.05, 0.1) is 36.4 Å². The molecule has 0 saturated carbocycles. The van der Waals surface area contributed by atoms with Crippen LogP contribution in [0.15, 0.2) is 72.1 Å². The predicted molar refractivity (Wildman–Crippen MR) is 146 cm³/mol. The lowest BCUT2D eigenvalue weighted by Crippen LogP contribution is -2.38. The molecule has 1 aliphatic rings. The molecule has 5 rings (SSSR count). The predicted octanol–water partition coefficient (Wildman–Crippen LogP) is 3.91. The van der Waals surface area contributed by atoms with Crippen molar-refractivity contribution in [3.8, 4) is 16.9 Å². The van der Waals surface area contributed by atoms with Crippen LogP contribution in [0.1, 0.15) is 29.3 Å². The summed E-state index contributed by atoms with van der Waals surface area (Å²) in [5, 5.41) is 5.50. The largest absolute Gasteiger partial charge is 0.315 e. The topological polar surface area (TPSA) is 93.8 Å². The lowest BCUT2D eigenvalue weighted by atomic mass is 10.00. The van der Waals surface area contributed by atoms with Crippen molar-refractivity contribution in [1.82, 2.24) is 24.4 Å². The van der Waals surface area contributed by atoms with E-state index < -0.39 is 17.8 Å². The fourth-order valence-corrected chi connectivity index (χ4v) is 4.61. The Kier molecular flexibility index (Phi) is 7.02. The van der Waals surface area contributed by atoms with Crippen LogP contribution in [0.3, 0.4) is 0 Å². The third-order valence-corrected chi connectivity index (χ3v) is 6.82. The van der Waals surface area contributed by atoms with Crippen LogP contribution in [0, 0.1) is 6.92 Å². The van der Waals surface area contributed by atoms with Gasteiger partial charge in [-0.1, -0.05) is 30.3 Å². The molecule has 1 aromatic carbocycles. The Morgan fingerprint density at radius 1 is 1.21 bits per heavy atom. The third kappa shape index (κ3) is 4.92. The van der Waals surface area contributed by atoms with E-state index in [1.807, 2.05) is 60.2 Å². The maximum absolute atomic E-state index is 14.0. The number of fused-ring (bicyclic) bond motifs is 1. The van der Waals surface area contributed by atoms with Crippen LogP contribution in [0.5, 0.6) is 0 Å². The molecule has 0 fully saturated rings. The molecule has 3 heterocycles. The molecular formula is C29H29FN6O2. The summed E-state index contributed by atoms with van der Waals surface area (Å²) in [7, 11) is 1.67. The number of likely N-dealkylation sites (N-methyl/N-ethyl adjacent to an activating group) is 1. The summed E-state index contributed by atoms with van der Waals surface area (Å²) in [4.78, 5) is 34.8. The molecule has 1 unspecified atom stereocenters. The number of aryl methyl sites for hydroxylation is 1.